The number of aliphatic hydroxyl groups is 1. The molecule has 1 aromatic carbocycles. The van der Waals surface area contributed by atoms with E-state index in [1.165, 1.54) is 13.5 Å². The molecule has 0 spiro atoms. The quantitative estimate of drug-likeness (QED) is 0.649. The topological polar surface area (TPSA) is 87.1 Å². The second-order valence-electron chi connectivity index (χ2n) is 6.25. The first-order valence-electron chi connectivity index (χ1n) is 8.28. The van der Waals surface area contributed by atoms with Crippen LogP contribution < -0.4 is 0 Å². The van der Waals surface area contributed by atoms with Gasteiger partial charge in [-0.3, -0.25) is 9.69 Å². The monoisotopic (exact) mass is 335 g/mol. The van der Waals surface area contributed by atoms with Crippen LogP contribution in [0.15, 0.2) is 30.3 Å². The summed E-state index contributed by atoms with van der Waals surface area (Å²) in [5, 5.41) is 16.9. The minimum Gasteiger partial charge on any atom is -0.483 e. The van der Waals surface area contributed by atoms with Crippen molar-refractivity contribution >= 4 is 12.4 Å². The average molecular weight is 335 g/mol. The van der Waals surface area contributed by atoms with Crippen molar-refractivity contribution in [3.8, 4) is 0 Å². The van der Waals surface area contributed by atoms with Crippen LogP contribution in [0.3, 0.4) is 0 Å². The number of hydrogen-bond donors (Lipinski definition) is 2. The normalized spacial score (nSPS) is 27.3. The van der Waals surface area contributed by atoms with E-state index in [-0.39, 0.29) is 36.7 Å². The zero-order valence-electron chi connectivity index (χ0n) is 13.9. The van der Waals surface area contributed by atoms with Crippen LogP contribution in [0.5, 0.6) is 0 Å². The number of fused-ring (bicyclic) bond motifs is 2. The maximum atomic E-state index is 12.4. The van der Waals surface area contributed by atoms with Crippen molar-refractivity contribution in [3.05, 3.63) is 35.9 Å². The van der Waals surface area contributed by atoms with Gasteiger partial charge >= 0.3 is 5.97 Å². The summed E-state index contributed by atoms with van der Waals surface area (Å²) in [6.45, 7) is -0.250. The Morgan fingerprint density at radius 2 is 1.79 bits per heavy atom. The summed E-state index contributed by atoms with van der Waals surface area (Å²) in [4.78, 5) is 23.1. The lowest BCUT2D eigenvalue weighted by Gasteiger charge is -2.50. The summed E-state index contributed by atoms with van der Waals surface area (Å²) in [6.07, 6.45) is 4.57. The number of piperidine rings is 2. The molecular formula is C18H25NO5. The van der Waals surface area contributed by atoms with Gasteiger partial charge < -0.3 is 14.9 Å². The second-order valence-corrected chi connectivity index (χ2v) is 6.25. The molecule has 2 aliphatic rings. The molecule has 0 radical (unpaired) electrons. The highest BCUT2D eigenvalue weighted by atomic mass is 16.5. The van der Waals surface area contributed by atoms with Crippen LogP contribution in [0.25, 0.3) is 0 Å². The van der Waals surface area contributed by atoms with Crippen molar-refractivity contribution < 1.29 is 24.5 Å². The van der Waals surface area contributed by atoms with Crippen LogP contribution in [0.2, 0.25) is 0 Å². The first-order valence-corrected chi connectivity index (χ1v) is 8.28. The lowest BCUT2D eigenvalue weighted by Crippen LogP contribution is -2.56. The molecule has 2 fully saturated rings. The first kappa shape index (κ1) is 18.4. The zero-order chi connectivity index (χ0) is 17.5. The number of nitrogens with zero attached hydrogens (tertiary/aromatic N) is 1. The van der Waals surface area contributed by atoms with Crippen molar-refractivity contribution in [2.45, 2.75) is 56.3 Å². The van der Waals surface area contributed by atoms with E-state index in [2.05, 4.69) is 4.90 Å². The smallest absolute Gasteiger partial charge is 0.327 e. The van der Waals surface area contributed by atoms with Gasteiger partial charge in [-0.25, -0.2) is 4.79 Å². The van der Waals surface area contributed by atoms with E-state index in [0.717, 1.165) is 31.2 Å². The van der Waals surface area contributed by atoms with E-state index in [4.69, 9.17) is 14.6 Å². The van der Waals surface area contributed by atoms with Gasteiger partial charge in [0.1, 0.15) is 6.04 Å². The summed E-state index contributed by atoms with van der Waals surface area (Å²) in [5.41, 5.74) is 0.984. The molecule has 6 nitrogen and oxygen atoms in total. The summed E-state index contributed by atoms with van der Waals surface area (Å²) < 4.78 is 5.07. The predicted octanol–water partition coefficient (Wildman–Crippen LogP) is 1.98. The molecule has 6 heteroatoms. The molecule has 3 rings (SSSR count). The Balaban J connectivity index is 0.000000647. The molecule has 4 atom stereocenters. The van der Waals surface area contributed by atoms with Gasteiger partial charge in [-0.1, -0.05) is 36.8 Å². The van der Waals surface area contributed by atoms with Gasteiger partial charge in [-0.15, -0.1) is 0 Å². The van der Waals surface area contributed by atoms with Gasteiger partial charge in [0.2, 0.25) is 0 Å². The third kappa shape index (κ3) is 4.13. The van der Waals surface area contributed by atoms with E-state index in [1.807, 2.05) is 30.3 Å². The summed E-state index contributed by atoms with van der Waals surface area (Å²) in [7, 11) is 1.45. The fourth-order valence-corrected chi connectivity index (χ4v) is 3.99. The zero-order valence-corrected chi connectivity index (χ0v) is 13.9. The molecule has 0 saturated carbocycles. The van der Waals surface area contributed by atoms with Crippen molar-refractivity contribution in [2.24, 2.45) is 0 Å². The van der Waals surface area contributed by atoms with Crippen LogP contribution in [-0.2, 0) is 14.3 Å². The Morgan fingerprint density at radius 3 is 2.29 bits per heavy atom. The van der Waals surface area contributed by atoms with Crippen LogP contribution in [-0.4, -0.2) is 52.9 Å². The van der Waals surface area contributed by atoms with E-state index >= 15 is 0 Å². The number of carbonyl (C=O) groups is 2. The standard InChI is InChI=1S/C17H23NO3.CH2O2/c1-21-17(20)16(12-6-3-2-4-7-12)18-13-8-5-9-14(18)11-15(19)10-13;2-1-3/h2-4,6-7,13-16,19H,5,8-11H2,1H3;1H,(H,2,3)/t13-,14+,15?,16?;. The number of esters is 1. The molecule has 2 bridgehead atoms. The molecule has 2 heterocycles. The van der Waals surface area contributed by atoms with Crippen LogP contribution in [0.1, 0.15) is 43.7 Å². The lowest BCUT2D eigenvalue weighted by atomic mass is 9.81. The molecular weight excluding hydrogens is 310 g/mol. The number of rotatable bonds is 3. The molecule has 2 N–H and O–H groups in total. The van der Waals surface area contributed by atoms with Crippen LogP contribution in [0.4, 0.5) is 0 Å². The van der Waals surface area contributed by atoms with Crippen LogP contribution in [0, 0.1) is 0 Å². The molecule has 132 valence electrons. The highest BCUT2D eigenvalue weighted by molar-refractivity contribution is 5.77. The SMILES string of the molecule is COC(=O)C(c1ccccc1)N1[C@@H]2CCC[C@H]1CC(O)C2.O=CO. The fraction of sp³-hybridized carbons (Fsp3) is 0.556. The Morgan fingerprint density at radius 1 is 1.25 bits per heavy atom. The fourth-order valence-electron chi connectivity index (χ4n) is 3.99. The summed E-state index contributed by atoms with van der Waals surface area (Å²) in [6, 6.07) is 10.1. The number of carbonyl (C=O) groups excluding carboxylic acids is 1. The summed E-state index contributed by atoms with van der Waals surface area (Å²) >= 11 is 0. The number of benzene rings is 1. The number of carboxylic acid groups (broad SMARTS) is 1. The van der Waals surface area contributed by atoms with Crippen LogP contribution >= 0.6 is 0 Å². The Labute approximate surface area is 142 Å². The largest absolute Gasteiger partial charge is 0.483 e. The molecule has 2 saturated heterocycles. The van der Waals surface area contributed by atoms with Gasteiger partial charge in [0.05, 0.1) is 13.2 Å². The van der Waals surface area contributed by atoms with Crippen molar-refractivity contribution in [1.29, 1.82) is 0 Å². The molecule has 2 unspecified atom stereocenters. The second kappa shape index (κ2) is 8.80. The molecule has 0 aromatic heterocycles. The van der Waals surface area contributed by atoms with Gasteiger partial charge in [-0.2, -0.15) is 0 Å². The summed E-state index contributed by atoms with van der Waals surface area (Å²) in [5.74, 6) is -0.200. The van der Waals surface area contributed by atoms with Gasteiger partial charge in [0.25, 0.3) is 6.47 Å². The molecule has 24 heavy (non-hydrogen) atoms. The maximum Gasteiger partial charge on any atom is 0.327 e. The predicted molar refractivity (Wildman–Crippen MR) is 88.4 cm³/mol. The Kier molecular flexibility index (Phi) is 6.75. The Hall–Kier alpha value is -1.92. The minimum atomic E-state index is -0.348. The Bertz CT molecular complexity index is 521. The lowest BCUT2D eigenvalue weighted by molar-refractivity contribution is -0.154. The van der Waals surface area contributed by atoms with E-state index in [1.54, 1.807) is 0 Å². The van der Waals surface area contributed by atoms with Gasteiger partial charge in [-0.05, 0) is 31.2 Å². The van der Waals surface area contributed by atoms with Crippen molar-refractivity contribution in [3.63, 3.8) is 0 Å². The molecule has 1 aromatic rings. The highest BCUT2D eigenvalue weighted by Gasteiger charge is 2.44. The highest BCUT2D eigenvalue weighted by Crippen LogP contribution is 2.40. The van der Waals surface area contributed by atoms with Gasteiger partial charge in [0, 0.05) is 12.1 Å². The van der Waals surface area contributed by atoms with Crippen molar-refractivity contribution in [1.82, 2.24) is 4.90 Å². The molecule has 0 amide bonds. The number of methoxy groups -OCH3 is 1. The first-order chi connectivity index (χ1) is 11.6. The van der Waals surface area contributed by atoms with Gasteiger partial charge in [0.15, 0.2) is 0 Å². The molecule has 0 aliphatic carbocycles. The van der Waals surface area contributed by atoms with E-state index in [9.17, 15) is 9.90 Å². The average Bonchev–Trinajstić information content (AvgIpc) is 2.57. The molecule has 2 aliphatic heterocycles. The third-order valence-electron chi connectivity index (χ3n) is 4.84. The van der Waals surface area contributed by atoms with E-state index in [0.29, 0.717) is 0 Å². The number of aliphatic hydroxyl groups excluding tert-OH is 1. The number of ether oxygens (including phenoxy) is 1. The number of hydrogen-bond acceptors (Lipinski definition) is 5. The third-order valence-corrected chi connectivity index (χ3v) is 4.84. The van der Waals surface area contributed by atoms with E-state index < -0.39 is 0 Å². The maximum absolute atomic E-state index is 12.4. The minimum absolute atomic E-state index is 0.200. The van der Waals surface area contributed by atoms with Crippen molar-refractivity contribution in [2.75, 3.05) is 7.11 Å².